The van der Waals surface area contributed by atoms with Gasteiger partial charge in [0.1, 0.15) is 0 Å². The van der Waals surface area contributed by atoms with Crippen LogP contribution < -0.4 is 14.5 Å². The Labute approximate surface area is 166 Å². The number of sulfonamides is 1. The third-order valence-corrected chi connectivity index (χ3v) is 7.28. The zero-order chi connectivity index (χ0) is 20.1. The first-order valence-electron chi connectivity index (χ1n) is 8.80. The largest absolute Gasteiger partial charge is 0.312 e. The van der Waals surface area contributed by atoms with Crippen LogP contribution in [-0.4, -0.2) is 25.4 Å². The van der Waals surface area contributed by atoms with E-state index in [2.05, 4.69) is 4.72 Å². The Hall–Kier alpha value is -2.65. The van der Waals surface area contributed by atoms with Gasteiger partial charge in [0.2, 0.25) is 5.91 Å². The Kier molecular flexibility index (Phi) is 4.51. The molecular formula is C19H19N3O4S2. The summed E-state index contributed by atoms with van der Waals surface area (Å²) < 4.78 is 30.5. The van der Waals surface area contributed by atoms with Gasteiger partial charge in [-0.25, -0.2) is 8.42 Å². The lowest BCUT2D eigenvalue weighted by molar-refractivity contribution is -0.116. The lowest BCUT2D eigenvalue weighted by Crippen LogP contribution is -2.33. The number of rotatable bonds is 3. The number of nitrogens with one attached hydrogen (secondary N) is 1. The summed E-state index contributed by atoms with van der Waals surface area (Å²) in [5.41, 5.74) is 2.78. The lowest BCUT2D eigenvalue weighted by Gasteiger charge is -2.28. The number of carbonyl (C=O) groups is 1. The molecule has 9 heteroatoms. The van der Waals surface area contributed by atoms with Crippen LogP contribution >= 0.6 is 11.3 Å². The third-order valence-electron chi connectivity index (χ3n) is 4.90. The quantitative estimate of drug-likeness (QED) is 0.710. The van der Waals surface area contributed by atoms with Crippen LogP contribution in [0.5, 0.6) is 0 Å². The number of carbonyl (C=O) groups excluding carboxylic acids is 1. The molecule has 1 N–H and O–H groups in total. The van der Waals surface area contributed by atoms with E-state index in [1.54, 1.807) is 42.3 Å². The molecular weight excluding hydrogens is 398 g/mol. The van der Waals surface area contributed by atoms with Crippen molar-refractivity contribution >= 4 is 48.9 Å². The highest BCUT2D eigenvalue weighted by Crippen LogP contribution is 2.30. The minimum Gasteiger partial charge on any atom is -0.312 e. The molecule has 0 aliphatic carbocycles. The first-order chi connectivity index (χ1) is 13.3. The van der Waals surface area contributed by atoms with Crippen molar-refractivity contribution in [1.82, 2.24) is 4.57 Å². The van der Waals surface area contributed by atoms with Crippen LogP contribution in [0.2, 0.25) is 0 Å². The van der Waals surface area contributed by atoms with E-state index in [-0.39, 0.29) is 15.7 Å². The Bertz CT molecular complexity index is 1260. The van der Waals surface area contributed by atoms with Gasteiger partial charge in [0, 0.05) is 26.2 Å². The maximum absolute atomic E-state index is 12.9. The van der Waals surface area contributed by atoms with Gasteiger partial charge in [-0.05, 0) is 54.8 Å². The summed E-state index contributed by atoms with van der Waals surface area (Å²) in [6.45, 7) is 2.15. The van der Waals surface area contributed by atoms with Crippen molar-refractivity contribution in [2.45, 2.75) is 24.7 Å². The maximum atomic E-state index is 12.9. The van der Waals surface area contributed by atoms with Gasteiger partial charge in [-0.2, -0.15) is 0 Å². The Morgan fingerprint density at radius 2 is 1.96 bits per heavy atom. The van der Waals surface area contributed by atoms with Crippen molar-refractivity contribution < 1.29 is 13.2 Å². The fraction of sp³-hybridized carbons (Fsp3) is 0.263. The van der Waals surface area contributed by atoms with E-state index in [1.165, 1.54) is 17.6 Å². The molecule has 7 nitrogen and oxygen atoms in total. The minimum atomic E-state index is -3.79. The highest BCUT2D eigenvalue weighted by molar-refractivity contribution is 7.92. The predicted molar refractivity (Wildman–Crippen MR) is 111 cm³/mol. The van der Waals surface area contributed by atoms with Gasteiger partial charge in [-0.1, -0.05) is 11.3 Å². The van der Waals surface area contributed by atoms with Crippen LogP contribution in [0.15, 0.2) is 46.1 Å². The first-order valence-corrected chi connectivity index (χ1v) is 11.1. The second kappa shape index (κ2) is 6.75. The molecule has 3 aromatic rings. The smallest absolute Gasteiger partial charge is 0.307 e. The van der Waals surface area contributed by atoms with Crippen LogP contribution in [0.3, 0.4) is 0 Å². The molecule has 0 unspecified atom stereocenters. The summed E-state index contributed by atoms with van der Waals surface area (Å²) in [6.07, 6.45) is 1.53. The van der Waals surface area contributed by atoms with Crippen molar-refractivity contribution in [3.8, 4) is 0 Å². The minimum absolute atomic E-state index is 0.0511. The van der Waals surface area contributed by atoms with Crippen molar-refractivity contribution in [2.75, 3.05) is 16.2 Å². The van der Waals surface area contributed by atoms with E-state index in [9.17, 15) is 18.0 Å². The maximum Gasteiger partial charge on any atom is 0.307 e. The fourth-order valence-electron chi connectivity index (χ4n) is 3.48. The second-order valence-electron chi connectivity index (χ2n) is 6.78. The number of amides is 1. The van der Waals surface area contributed by atoms with Crippen molar-refractivity contribution in [3.05, 3.63) is 51.6 Å². The van der Waals surface area contributed by atoms with Gasteiger partial charge in [0.05, 0.1) is 20.8 Å². The molecule has 0 atom stereocenters. The van der Waals surface area contributed by atoms with Gasteiger partial charge >= 0.3 is 4.87 Å². The van der Waals surface area contributed by atoms with Crippen LogP contribution in [0, 0.1) is 0 Å². The number of aromatic nitrogens is 1. The van der Waals surface area contributed by atoms with Gasteiger partial charge in [-0.3, -0.25) is 14.3 Å². The molecule has 0 radical (unpaired) electrons. The van der Waals surface area contributed by atoms with Crippen LogP contribution in [0.1, 0.15) is 18.9 Å². The van der Waals surface area contributed by atoms with E-state index in [0.29, 0.717) is 12.2 Å². The highest BCUT2D eigenvalue weighted by atomic mass is 32.2. The number of fused-ring (bicyclic) bond motifs is 2. The average Bonchev–Trinajstić information content (AvgIpc) is 2.93. The van der Waals surface area contributed by atoms with E-state index in [0.717, 1.165) is 45.6 Å². The summed E-state index contributed by atoms with van der Waals surface area (Å²) in [5, 5.41) is 0. The summed E-state index contributed by atoms with van der Waals surface area (Å²) in [6, 6.07) is 9.87. The summed E-state index contributed by atoms with van der Waals surface area (Å²) in [5.74, 6) is -0.0511. The van der Waals surface area contributed by atoms with Gasteiger partial charge in [-0.15, -0.1) is 0 Å². The highest BCUT2D eigenvalue weighted by Gasteiger charge is 2.23. The number of benzene rings is 2. The third kappa shape index (κ3) is 3.20. The molecule has 1 amide bonds. The Morgan fingerprint density at radius 1 is 1.18 bits per heavy atom. The molecule has 28 heavy (non-hydrogen) atoms. The lowest BCUT2D eigenvalue weighted by atomic mass is 10.0. The van der Waals surface area contributed by atoms with Crippen LogP contribution in [0.25, 0.3) is 10.2 Å². The monoisotopic (exact) mass is 417 g/mol. The molecule has 2 aromatic carbocycles. The summed E-state index contributed by atoms with van der Waals surface area (Å²) in [4.78, 5) is 25.3. The number of aryl methyl sites for hydroxylation is 2. The number of hydrogen-bond donors (Lipinski definition) is 1. The predicted octanol–water partition coefficient (Wildman–Crippen LogP) is 2.70. The molecule has 1 aliphatic heterocycles. The molecule has 0 saturated carbocycles. The topological polar surface area (TPSA) is 88.5 Å². The van der Waals surface area contributed by atoms with E-state index in [4.69, 9.17) is 0 Å². The van der Waals surface area contributed by atoms with Crippen molar-refractivity contribution in [2.24, 2.45) is 7.05 Å². The zero-order valence-electron chi connectivity index (χ0n) is 15.4. The SMILES string of the molecule is CC(=O)N1CCCc2cc(S(=O)(=O)Nc3ccc4c(c3)sc(=O)n4C)ccc21. The van der Waals surface area contributed by atoms with E-state index < -0.39 is 10.0 Å². The van der Waals surface area contributed by atoms with Gasteiger partial charge < -0.3 is 9.47 Å². The summed E-state index contributed by atoms with van der Waals surface area (Å²) >= 11 is 1.07. The molecule has 4 rings (SSSR count). The molecule has 0 saturated heterocycles. The molecule has 1 aliphatic rings. The zero-order valence-corrected chi connectivity index (χ0v) is 17.1. The number of hydrogen-bond acceptors (Lipinski definition) is 5. The van der Waals surface area contributed by atoms with Gasteiger partial charge in [0.15, 0.2) is 0 Å². The van der Waals surface area contributed by atoms with Crippen molar-refractivity contribution in [3.63, 3.8) is 0 Å². The molecule has 0 bridgehead atoms. The molecule has 146 valence electrons. The number of nitrogens with zero attached hydrogens (tertiary/aromatic N) is 2. The number of anilines is 2. The van der Waals surface area contributed by atoms with E-state index in [1.807, 2.05) is 0 Å². The first kappa shape index (κ1) is 18.7. The van der Waals surface area contributed by atoms with Crippen LogP contribution in [-0.2, 0) is 28.3 Å². The number of thiazole rings is 1. The molecule has 0 fully saturated rings. The molecule has 2 heterocycles. The fourth-order valence-corrected chi connectivity index (χ4v) is 5.50. The Balaban J connectivity index is 1.67. The van der Waals surface area contributed by atoms with Crippen LogP contribution in [0.4, 0.5) is 11.4 Å². The Morgan fingerprint density at radius 3 is 2.71 bits per heavy atom. The summed E-state index contributed by atoms with van der Waals surface area (Å²) in [7, 11) is -2.11. The second-order valence-corrected chi connectivity index (χ2v) is 9.46. The standard InChI is InChI=1S/C19H19N3O4S2/c1-12(23)22-9-3-4-13-10-15(6-8-16(13)22)28(25,26)20-14-5-7-17-18(11-14)27-19(24)21(17)2/h5-8,10-11,20H,3-4,9H2,1-2H3. The van der Waals surface area contributed by atoms with Gasteiger partial charge in [0.25, 0.3) is 10.0 Å². The molecule has 1 aromatic heterocycles. The van der Waals surface area contributed by atoms with Crippen molar-refractivity contribution in [1.29, 1.82) is 0 Å². The molecule has 0 spiro atoms. The average molecular weight is 418 g/mol. The van der Waals surface area contributed by atoms with E-state index >= 15 is 0 Å². The normalized spacial score (nSPS) is 14.1.